The Morgan fingerprint density at radius 1 is 1.11 bits per heavy atom. The van der Waals surface area contributed by atoms with E-state index in [0.717, 1.165) is 10.0 Å². The predicted molar refractivity (Wildman–Crippen MR) is 81.3 cm³/mol. The number of rotatable bonds is 3. The summed E-state index contributed by atoms with van der Waals surface area (Å²) in [6.45, 7) is 0. The van der Waals surface area contributed by atoms with Gasteiger partial charge in [0.1, 0.15) is 0 Å². The minimum Gasteiger partial charge on any atom is -0.294 e. The summed E-state index contributed by atoms with van der Waals surface area (Å²) in [4.78, 5) is 12.1. The van der Waals surface area contributed by atoms with Gasteiger partial charge in [0.25, 0.3) is 0 Å². The largest absolute Gasteiger partial charge is 0.294 e. The molecule has 0 fully saturated rings. The van der Waals surface area contributed by atoms with Crippen molar-refractivity contribution in [2.45, 2.75) is 6.42 Å². The molecule has 0 unspecified atom stereocenters. The maximum atomic E-state index is 13.9. The van der Waals surface area contributed by atoms with Crippen LogP contribution in [0.15, 0.2) is 45.3 Å². The molecular weight excluding hydrogens is 398 g/mol. The van der Waals surface area contributed by atoms with Crippen molar-refractivity contribution >= 4 is 49.2 Å². The summed E-state index contributed by atoms with van der Waals surface area (Å²) in [6.07, 6.45) is 0.121. The zero-order valence-corrected chi connectivity index (χ0v) is 13.5. The van der Waals surface area contributed by atoms with Crippen molar-refractivity contribution in [1.29, 1.82) is 0 Å². The number of carbonyl (C=O) groups excluding carboxylic acids is 1. The second-order valence-corrected chi connectivity index (χ2v) is 6.00. The molecule has 19 heavy (non-hydrogen) atoms. The van der Waals surface area contributed by atoms with Crippen LogP contribution < -0.4 is 0 Å². The van der Waals surface area contributed by atoms with E-state index in [0.29, 0.717) is 4.47 Å². The van der Waals surface area contributed by atoms with Crippen LogP contribution in [-0.2, 0) is 6.42 Å². The Balaban J connectivity index is 2.31. The lowest BCUT2D eigenvalue weighted by Gasteiger charge is -2.07. The molecular formula is C14H8Br2ClFO. The number of halogens is 4. The Labute approximate surface area is 132 Å². The van der Waals surface area contributed by atoms with Crippen LogP contribution >= 0.6 is 43.5 Å². The van der Waals surface area contributed by atoms with Crippen molar-refractivity contribution in [3.8, 4) is 0 Å². The van der Waals surface area contributed by atoms with Crippen molar-refractivity contribution in [3.05, 3.63) is 67.3 Å². The second-order valence-electron chi connectivity index (χ2n) is 3.91. The molecule has 0 bridgehead atoms. The fourth-order valence-corrected chi connectivity index (χ4v) is 2.55. The average Bonchev–Trinajstić information content (AvgIpc) is 2.39. The molecule has 0 amide bonds. The lowest BCUT2D eigenvalue weighted by molar-refractivity contribution is 0.0989. The van der Waals surface area contributed by atoms with Gasteiger partial charge in [-0.1, -0.05) is 45.7 Å². The Bertz CT molecular complexity index is 643. The summed E-state index contributed by atoms with van der Waals surface area (Å²) in [7, 11) is 0. The Kier molecular flexibility index (Phi) is 4.76. The second kappa shape index (κ2) is 6.16. The molecule has 0 heterocycles. The van der Waals surface area contributed by atoms with Gasteiger partial charge in [-0.05, 0) is 39.7 Å². The number of hydrogen-bond acceptors (Lipinski definition) is 1. The summed E-state index contributed by atoms with van der Waals surface area (Å²) in [5.74, 6) is -0.994. The van der Waals surface area contributed by atoms with Crippen LogP contribution in [0.25, 0.3) is 0 Å². The van der Waals surface area contributed by atoms with Crippen LogP contribution in [0.2, 0.25) is 5.02 Å². The molecule has 0 spiro atoms. The molecule has 0 saturated carbocycles. The van der Waals surface area contributed by atoms with E-state index < -0.39 is 5.82 Å². The van der Waals surface area contributed by atoms with Gasteiger partial charge in [-0.3, -0.25) is 4.79 Å². The Morgan fingerprint density at radius 3 is 2.47 bits per heavy atom. The summed E-state index contributed by atoms with van der Waals surface area (Å²) >= 11 is 12.3. The van der Waals surface area contributed by atoms with E-state index in [9.17, 15) is 9.18 Å². The third-order valence-electron chi connectivity index (χ3n) is 2.64. The molecule has 0 saturated heterocycles. The maximum absolute atomic E-state index is 13.9. The van der Waals surface area contributed by atoms with Gasteiger partial charge in [-0.15, -0.1) is 0 Å². The van der Waals surface area contributed by atoms with Crippen LogP contribution in [0.3, 0.4) is 0 Å². The first-order valence-electron chi connectivity index (χ1n) is 5.41. The van der Waals surface area contributed by atoms with E-state index in [1.54, 1.807) is 6.07 Å². The smallest absolute Gasteiger partial charge is 0.170 e. The summed E-state index contributed by atoms with van der Waals surface area (Å²) in [6, 6.07) is 10.4. The zero-order chi connectivity index (χ0) is 14.0. The number of benzene rings is 2. The molecule has 0 aliphatic rings. The van der Waals surface area contributed by atoms with Crippen molar-refractivity contribution in [2.24, 2.45) is 0 Å². The molecule has 0 atom stereocenters. The molecule has 0 radical (unpaired) electrons. The highest BCUT2D eigenvalue weighted by Gasteiger charge is 2.17. The maximum Gasteiger partial charge on any atom is 0.170 e. The molecule has 0 aromatic heterocycles. The third-order valence-corrected chi connectivity index (χ3v) is 4.68. The van der Waals surface area contributed by atoms with E-state index in [1.165, 1.54) is 6.07 Å². The fourth-order valence-electron chi connectivity index (χ4n) is 1.65. The summed E-state index contributed by atoms with van der Waals surface area (Å²) in [5.41, 5.74) is 0.815. The molecule has 2 aromatic carbocycles. The third kappa shape index (κ3) is 3.25. The molecule has 98 valence electrons. The van der Waals surface area contributed by atoms with Gasteiger partial charge < -0.3 is 0 Å². The van der Waals surface area contributed by atoms with Gasteiger partial charge in [0, 0.05) is 15.4 Å². The standard InChI is InChI=1S/C14H8Br2ClFO/c15-10-4-2-1-3-8(10)7-12(19)9-5-6-11(16)13(17)14(9)18/h1-6H,7H2. The Morgan fingerprint density at radius 2 is 1.79 bits per heavy atom. The first-order valence-corrected chi connectivity index (χ1v) is 7.37. The lowest BCUT2D eigenvalue weighted by Crippen LogP contribution is -2.07. The van der Waals surface area contributed by atoms with E-state index in [-0.39, 0.29) is 22.8 Å². The highest BCUT2D eigenvalue weighted by molar-refractivity contribution is 9.10. The highest BCUT2D eigenvalue weighted by Crippen LogP contribution is 2.28. The molecule has 0 aliphatic carbocycles. The molecule has 5 heteroatoms. The van der Waals surface area contributed by atoms with Crippen molar-refractivity contribution in [1.82, 2.24) is 0 Å². The van der Waals surface area contributed by atoms with E-state index in [1.807, 2.05) is 24.3 Å². The molecule has 0 aliphatic heterocycles. The number of hydrogen-bond donors (Lipinski definition) is 0. The molecule has 2 rings (SSSR count). The number of ketones is 1. The van der Waals surface area contributed by atoms with Gasteiger partial charge in [0.15, 0.2) is 11.6 Å². The first-order chi connectivity index (χ1) is 9.00. The molecule has 1 nitrogen and oxygen atoms in total. The summed E-state index contributed by atoms with van der Waals surface area (Å²) < 4.78 is 15.2. The molecule has 0 N–H and O–H groups in total. The SMILES string of the molecule is O=C(Cc1ccccc1Br)c1ccc(Br)c(Cl)c1F. The van der Waals surface area contributed by atoms with Gasteiger partial charge in [0.05, 0.1) is 10.6 Å². The summed E-state index contributed by atoms with van der Waals surface area (Å²) in [5, 5.41) is -0.0713. The topological polar surface area (TPSA) is 17.1 Å². The monoisotopic (exact) mass is 404 g/mol. The van der Waals surface area contributed by atoms with Crippen LogP contribution in [0.1, 0.15) is 15.9 Å². The van der Waals surface area contributed by atoms with Crippen molar-refractivity contribution < 1.29 is 9.18 Å². The highest BCUT2D eigenvalue weighted by atomic mass is 79.9. The normalized spacial score (nSPS) is 10.5. The van der Waals surface area contributed by atoms with Crippen LogP contribution in [0.5, 0.6) is 0 Å². The van der Waals surface area contributed by atoms with E-state index >= 15 is 0 Å². The predicted octanol–water partition coefficient (Wildman–Crippen LogP) is 5.43. The van der Waals surface area contributed by atoms with Gasteiger partial charge in [-0.2, -0.15) is 0 Å². The molecule has 2 aromatic rings. The van der Waals surface area contributed by atoms with E-state index in [4.69, 9.17) is 11.6 Å². The average molecular weight is 406 g/mol. The van der Waals surface area contributed by atoms with Gasteiger partial charge in [-0.25, -0.2) is 4.39 Å². The Hall–Kier alpha value is -0.710. The zero-order valence-electron chi connectivity index (χ0n) is 9.59. The van der Waals surface area contributed by atoms with E-state index in [2.05, 4.69) is 31.9 Å². The fraction of sp³-hybridized carbons (Fsp3) is 0.0714. The van der Waals surface area contributed by atoms with Gasteiger partial charge in [0.2, 0.25) is 0 Å². The van der Waals surface area contributed by atoms with Gasteiger partial charge >= 0.3 is 0 Å². The number of carbonyl (C=O) groups is 1. The minimum absolute atomic E-state index is 0.00366. The van der Waals surface area contributed by atoms with Crippen molar-refractivity contribution in [3.63, 3.8) is 0 Å². The van der Waals surface area contributed by atoms with Crippen LogP contribution in [0.4, 0.5) is 4.39 Å². The quantitative estimate of drug-likeness (QED) is 0.491. The minimum atomic E-state index is -0.687. The van der Waals surface area contributed by atoms with Crippen LogP contribution in [0, 0.1) is 5.82 Å². The first kappa shape index (κ1) is 14.7. The number of Topliss-reactive ketones (excluding diaryl/α,β-unsaturated/α-hetero) is 1. The van der Waals surface area contributed by atoms with Crippen molar-refractivity contribution in [2.75, 3.05) is 0 Å². The van der Waals surface area contributed by atoms with Crippen LogP contribution in [-0.4, -0.2) is 5.78 Å². The lowest BCUT2D eigenvalue weighted by atomic mass is 10.0.